The van der Waals surface area contributed by atoms with Gasteiger partial charge in [0, 0.05) is 28.2 Å². The van der Waals surface area contributed by atoms with Crippen molar-refractivity contribution in [3.05, 3.63) is 89.6 Å². The van der Waals surface area contributed by atoms with Gasteiger partial charge in [0.05, 0.1) is 22.9 Å². The molecule has 8 heteroatoms. The van der Waals surface area contributed by atoms with E-state index >= 15 is 0 Å². The van der Waals surface area contributed by atoms with Crippen molar-refractivity contribution in [3.63, 3.8) is 0 Å². The van der Waals surface area contributed by atoms with Gasteiger partial charge in [-0.3, -0.25) is 0 Å². The number of benzene rings is 3. The lowest BCUT2D eigenvalue weighted by atomic mass is 10.0. The van der Waals surface area contributed by atoms with Crippen LogP contribution in [0.1, 0.15) is 16.7 Å². The van der Waals surface area contributed by atoms with Crippen molar-refractivity contribution in [2.24, 2.45) is 0 Å². The average molecular weight is 490 g/mol. The lowest BCUT2D eigenvalue weighted by Crippen LogP contribution is -2.03. The van der Waals surface area contributed by atoms with Gasteiger partial charge in [-0.2, -0.15) is 18.4 Å². The first-order valence-electron chi connectivity index (χ1n) is 10.7. The summed E-state index contributed by atoms with van der Waals surface area (Å²) in [5, 5.41) is 14.8. The lowest BCUT2D eigenvalue weighted by Gasteiger charge is -2.09. The van der Waals surface area contributed by atoms with Crippen LogP contribution in [-0.4, -0.2) is 12.1 Å². The number of aromatic nitrogens is 1. The average Bonchev–Trinajstić information content (AvgIpc) is 3.26. The Morgan fingerprint density at radius 1 is 1.00 bits per heavy atom. The zero-order valence-corrected chi connectivity index (χ0v) is 19.3. The molecule has 0 bridgehead atoms. The fourth-order valence-electron chi connectivity index (χ4n) is 3.95. The predicted octanol–water partition coefficient (Wildman–Crippen LogP) is 7.63. The van der Waals surface area contributed by atoms with Crippen LogP contribution in [0.4, 0.5) is 19.0 Å². The lowest BCUT2D eigenvalue weighted by molar-refractivity contribution is -0.137. The maximum Gasteiger partial charge on any atom is 0.416 e. The van der Waals surface area contributed by atoms with Gasteiger partial charge in [0.1, 0.15) is 17.6 Å². The Hall–Kier alpha value is -4.09. The summed E-state index contributed by atoms with van der Waals surface area (Å²) in [7, 11) is 1.62. The molecule has 1 N–H and O–H groups in total. The highest BCUT2D eigenvalue weighted by molar-refractivity contribution is 7.26. The molecule has 0 spiro atoms. The minimum Gasteiger partial charge on any atom is -0.497 e. The number of methoxy groups -OCH3 is 1. The standard InChI is InChI=1S/C27H18F3N3OS/c1-34-21-9-2-16(3-10-21)14-32-26-24-22-11-6-18(17-4-7-20(8-5-17)27(28,29)30)12-23(22)35-25(24)19(13-31)15-33-26/h2-12,15H,14H2,1H3,(H,32,33). The molecule has 35 heavy (non-hydrogen) atoms. The molecule has 0 aliphatic carbocycles. The number of ether oxygens (including phenoxy) is 1. The van der Waals surface area contributed by atoms with Gasteiger partial charge in [-0.15, -0.1) is 11.3 Å². The van der Waals surface area contributed by atoms with Crippen molar-refractivity contribution < 1.29 is 17.9 Å². The SMILES string of the molecule is COc1ccc(CNc2ncc(C#N)c3sc4cc(-c5ccc(C(F)(F)F)cc5)ccc4c23)cc1. The summed E-state index contributed by atoms with van der Waals surface area (Å²) in [5.74, 6) is 1.45. The number of hydrogen-bond acceptors (Lipinski definition) is 5. The number of rotatable bonds is 5. The molecule has 2 aromatic heterocycles. The van der Waals surface area contributed by atoms with Crippen molar-refractivity contribution in [3.8, 4) is 22.9 Å². The summed E-state index contributed by atoms with van der Waals surface area (Å²) >= 11 is 1.47. The molecular weight excluding hydrogens is 471 g/mol. The minimum atomic E-state index is -4.37. The van der Waals surface area contributed by atoms with Gasteiger partial charge < -0.3 is 10.1 Å². The van der Waals surface area contributed by atoms with E-state index in [-0.39, 0.29) is 0 Å². The Labute approximate surface area is 203 Å². The third-order valence-corrected chi connectivity index (χ3v) is 6.97. The van der Waals surface area contributed by atoms with E-state index in [9.17, 15) is 18.4 Å². The van der Waals surface area contributed by atoms with E-state index in [0.29, 0.717) is 23.5 Å². The number of hydrogen-bond donors (Lipinski definition) is 1. The molecule has 0 aliphatic rings. The Balaban J connectivity index is 1.53. The molecule has 0 radical (unpaired) electrons. The van der Waals surface area contributed by atoms with Crippen LogP contribution in [0.15, 0.2) is 72.9 Å². The molecule has 0 amide bonds. The van der Waals surface area contributed by atoms with E-state index in [1.807, 2.05) is 42.5 Å². The zero-order valence-electron chi connectivity index (χ0n) is 18.5. The molecular formula is C27H18F3N3OS. The van der Waals surface area contributed by atoms with Crippen LogP contribution in [0.25, 0.3) is 31.3 Å². The highest BCUT2D eigenvalue weighted by atomic mass is 32.1. The van der Waals surface area contributed by atoms with Crippen LogP contribution in [0.5, 0.6) is 5.75 Å². The van der Waals surface area contributed by atoms with Gasteiger partial charge >= 0.3 is 6.18 Å². The number of thiophene rings is 1. The van der Waals surface area contributed by atoms with Gasteiger partial charge in [0.2, 0.25) is 0 Å². The summed E-state index contributed by atoms with van der Waals surface area (Å²) in [6.07, 6.45) is -2.81. The van der Waals surface area contributed by atoms with Crippen molar-refractivity contribution in [2.75, 3.05) is 12.4 Å². The molecule has 3 aromatic carbocycles. The van der Waals surface area contributed by atoms with Crippen LogP contribution >= 0.6 is 11.3 Å². The number of nitrogens with zero attached hydrogens (tertiary/aromatic N) is 2. The Bertz CT molecular complexity index is 1570. The van der Waals surface area contributed by atoms with Crippen molar-refractivity contribution in [1.82, 2.24) is 4.98 Å². The fraction of sp³-hybridized carbons (Fsp3) is 0.111. The summed E-state index contributed by atoms with van der Waals surface area (Å²) in [5.41, 5.74) is 2.34. The summed E-state index contributed by atoms with van der Waals surface area (Å²) in [6, 6.07) is 20.8. The maximum atomic E-state index is 12.9. The molecule has 0 atom stereocenters. The largest absolute Gasteiger partial charge is 0.497 e. The van der Waals surface area contributed by atoms with E-state index < -0.39 is 11.7 Å². The number of pyridine rings is 1. The number of anilines is 1. The normalized spacial score (nSPS) is 11.5. The minimum absolute atomic E-state index is 0.479. The summed E-state index contributed by atoms with van der Waals surface area (Å²) in [6.45, 7) is 0.541. The number of alkyl halides is 3. The second-order valence-corrected chi connectivity index (χ2v) is 8.98. The molecule has 5 rings (SSSR count). The van der Waals surface area contributed by atoms with Crippen molar-refractivity contribution in [2.45, 2.75) is 12.7 Å². The number of fused-ring (bicyclic) bond motifs is 3. The van der Waals surface area contributed by atoms with E-state index in [1.165, 1.54) is 23.5 Å². The van der Waals surface area contributed by atoms with Crippen LogP contribution in [0.3, 0.4) is 0 Å². The molecule has 5 aromatic rings. The molecule has 2 heterocycles. The van der Waals surface area contributed by atoms with Crippen LogP contribution < -0.4 is 10.1 Å². The number of nitrogens with one attached hydrogen (secondary N) is 1. The molecule has 174 valence electrons. The number of halogens is 3. The van der Waals surface area contributed by atoms with Gasteiger partial charge in [-0.05, 0) is 47.0 Å². The smallest absolute Gasteiger partial charge is 0.416 e. The third kappa shape index (κ3) is 4.38. The van der Waals surface area contributed by atoms with Crippen molar-refractivity contribution in [1.29, 1.82) is 5.26 Å². The molecule has 0 saturated carbocycles. The Morgan fingerprint density at radius 3 is 2.37 bits per heavy atom. The van der Waals surface area contributed by atoms with Gasteiger partial charge in [-0.25, -0.2) is 4.98 Å². The van der Waals surface area contributed by atoms with Gasteiger partial charge in [0.25, 0.3) is 0 Å². The fourth-order valence-corrected chi connectivity index (χ4v) is 5.15. The topological polar surface area (TPSA) is 57.9 Å². The molecule has 4 nitrogen and oxygen atoms in total. The summed E-state index contributed by atoms with van der Waals surface area (Å²) < 4.78 is 45.7. The summed E-state index contributed by atoms with van der Waals surface area (Å²) in [4.78, 5) is 4.50. The first-order chi connectivity index (χ1) is 16.9. The number of nitriles is 1. The van der Waals surface area contributed by atoms with E-state index in [0.717, 1.165) is 49.2 Å². The van der Waals surface area contributed by atoms with Crippen molar-refractivity contribution >= 4 is 37.3 Å². The Kier molecular flexibility index (Phi) is 5.79. The first kappa shape index (κ1) is 22.7. The molecule has 0 aliphatic heterocycles. The van der Waals surface area contributed by atoms with Gasteiger partial charge in [0.15, 0.2) is 0 Å². The van der Waals surface area contributed by atoms with Gasteiger partial charge in [-0.1, -0.05) is 36.4 Å². The Morgan fingerprint density at radius 2 is 1.71 bits per heavy atom. The molecule has 0 unspecified atom stereocenters. The maximum absolute atomic E-state index is 12.9. The highest BCUT2D eigenvalue weighted by Gasteiger charge is 2.30. The second kappa shape index (κ2) is 8.93. The highest BCUT2D eigenvalue weighted by Crippen LogP contribution is 2.41. The van der Waals surface area contributed by atoms with Crippen LogP contribution in [0, 0.1) is 11.3 Å². The molecule has 0 fully saturated rings. The van der Waals surface area contributed by atoms with Crippen LogP contribution in [0.2, 0.25) is 0 Å². The second-order valence-electron chi connectivity index (χ2n) is 7.93. The zero-order chi connectivity index (χ0) is 24.6. The van der Waals surface area contributed by atoms with E-state index in [4.69, 9.17) is 4.74 Å². The van der Waals surface area contributed by atoms with E-state index in [1.54, 1.807) is 13.3 Å². The van der Waals surface area contributed by atoms with E-state index in [2.05, 4.69) is 16.4 Å². The van der Waals surface area contributed by atoms with Crippen LogP contribution in [-0.2, 0) is 12.7 Å². The quantitative estimate of drug-likeness (QED) is 0.276. The predicted molar refractivity (Wildman–Crippen MR) is 133 cm³/mol. The molecule has 0 saturated heterocycles. The first-order valence-corrected chi connectivity index (χ1v) is 11.5. The monoisotopic (exact) mass is 489 g/mol. The third-order valence-electron chi connectivity index (χ3n) is 5.78.